The third-order valence-electron chi connectivity index (χ3n) is 2.51. The van der Waals surface area contributed by atoms with E-state index in [1.807, 2.05) is 0 Å². The molecule has 1 aromatic heterocycles. The Labute approximate surface area is 88.5 Å². The van der Waals surface area contributed by atoms with Gasteiger partial charge in [0.25, 0.3) is 0 Å². The molecule has 0 unspecified atom stereocenters. The zero-order valence-corrected chi connectivity index (χ0v) is 9.27. The van der Waals surface area contributed by atoms with Gasteiger partial charge in [0.15, 0.2) is 0 Å². The Morgan fingerprint density at radius 2 is 2.64 bits per heavy atom. The van der Waals surface area contributed by atoms with E-state index in [1.165, 1.54) is 23.5 Å². The highest BCUT2D eigenvalue weighted by molar-refractivity contribution is 7.09. The zero-order valence-electron chi connectivity index (χ0n) is 8.45. The Hall–Kier alpha value is -0.450. The van der Waals surface area contributed by atoms with Crippen molar-refractivity contribution in [2.75, 3.05) is 20.3 Å². The number of hydrogen-bond acceptors (Lipinski definition) is 4. The summed E-state index contributed by atoms with van der Waals surface area (Å²) in [6.07, 6.45) is 3.44. The third-order valence-corrected chi connectivity index (χ3v) is 3.43. The first kappa shape index (κ1) is 10.1. The molecule has 2 rings (SSSR count). The van der Waals surface area contributed by atoms with E-state index in [1.54, 1.807) is 18.4 Å². The summed E-state index contributed by atoms with van der Waals surface area (Å²) in [5.74, 6) is 0. The molecule has 0 spiro atoms. The van der Waals surface area contributed by atoms with Gasteiger partial charge in [-0.3, -0.25) is 0 Å². The highest BCUT2D eigenvalue weighted by Gasteiger charge is 2.18. The van der Waals surface area contributed by atoms with Crippen LogP contribution in [0.3, 0.4) is 0 Å². The van der Waals surface area contributed by atoms with E-state index in [4.69, 9.17) is 4.74 Å². The predicted molar refractivity (Wildman–Crippen MR) is 57.7 cm³/mol. The molecule has 0 aromatic carbocycles. The van der Waals surface area contributed by atoms with Crippen molar-refractivity contribution in [1.29, 1.82) is 0 Å². The number of nitrogens with one attached hydrogen (secondary N) is 1. The van der Waals surface area contributed by atoms with Gasteiger partial charge in [0.2, 0.25) is 0 Å². The first-order valence-electron chi connectivity index (χ1n) is 5.07. The molecule has 1 aliphatic rings. The van der Waals surface area contributed by atoms with E-state index in [0.717, 1.165) is 19.6 Å². The monoisotopic (exact) mass is 212 g/mol. The van der Waals surface area contributed by atoms with Crippen LogP contribution in [0.4, 0.5) is 0 Å². The number of nitrogens with zero attached hydrogens (tertiary/aromatic N) is 1. The Balaban J connectivity index is 1.94. The molecule has 0 aliphatic carbocycles. The van der Waals surface area contributed by atoms with Crippen LogP contribution >= 0.6 is 11.3 Å². The first-order chi connectivity index (χ1) is 6.90. The quantitative estimate of drug-likeness (QED) is 0.825. The summed E-state index contributed by atoms with van der Waals surface area (Å²) in [7, 11) is 1.73. The molecule has 0 radical (unpaired) electrons. The summed E-state index contributed by atoms with van der Waals surface area (Å²) >= 11 is 1.75. The molecule has 1 atom stereocenters. The van der Waals surface area contributed by atoms with E-state index in [-0.39, 0.29) is 0 Å². The fourth-order valence-electron chi connectivity index (χ4n) is 1.73. The summed E-state index contributed by atoms with van der Waals surface area (Å²) in [6.45, 7) is 1.90. The van der Waals surface area contributed by atoms with Gasteiger partial charge in [0.1, 0.15) is 0 Å². The molecule has 1 aromatic rings. The van der Waals surface area contributed by atoms with Crippen LogP contribution in [-0.4, -0.2) is 25.2 Å². The van der Waals surface area contributed by atoms with Crippen LogP contribution in [0.2, 0.25) is 0 Å². The first-order valence-corrected chi connectivity index (χ1v) is 5.94. The molecule has 4 heteroatoms. The van der Waals surface area contributed by atoms with Crippen LogP contribution in [0.1, 0.15) is 29.6 Å². The average Bonchev–Trinajstić information content (AvgIpc) is 2.85. The van der Waals surface area contributed by atoms with Crippen LogP contribution in [0.25, 0.3) is 0 Å². The number of hydrogen-bond donors (Lipinski definition) is 1. The number of rotatable bonds is 4. The van der Waals surface area contributed by atoms with Gasteiger partial charge in [-0.25, -0.2) is 4.98 Å². The Bertz CT molecular complexity index is 281. The topological polar surface area (TPSA) is 34.1 Å². The van der Waals surface area contributed by atoms with E-state index in [2.05, 4.69) is 15.7 Å². The van der Waals surface area contributed by atoms with Gasteiger partial charge in [-0.05, 0) is 19.4 Å². The molecular weight excluding hydrogens is 196 g/mol. The summed E-state index contributed by atoms with van der Waals surface area (Å²) < 4.78 is 5.03. The third kappa shape index (κ3) is 2.32. The number of thiazole rings is 1. The highest BCUT2D eigenvalue weighted by atomic mass is 32.1. The normalized spacial score (nSPS) is 21.6. The molecule has 1 aliphatic heterocycles. The minimum Gasteiger partial charge on any atom is -0.384 e. The molecule has 3 nitrogen and oxygen atoms in total. The molecule has 1 fully saturated rings. The molecular formula is C10H16N2OS. The van der Waals surface area contributed by atoms with Crippen molar-refractivity contribution in [2.24, 2.45) is 0 Å². The Morgan fingerprint density at radius 1 is 1.71 bits per heavy atom. The lowest BCUT2D eigenvalue weighted by molar-refractivity contribution is 0.202. The molecule has 0 bridgehead atoms. The Kier molecular flexibility index (Phi) is 3.50. The maximum atomic E-state index is 5.03. The van der Waals surface area contributed by atoms with E-state index >= 15 is 0 Å². The van der Waals surface area contributed by atoms with Crippen LogP contribution in [0.15, 0.2) is 5.38 Å². The maximum Gasteiger partial charge on any atom is 0.0951 e. The fourth-order valence-corrected chi connectivity index (χ4v) is 2.56. The van der Waals surface area contributed by atoms with Crippen LogP contribution in [-0.2, 0) is 11.2 Å². The van der Waals surface area contributed by atoms with E-state index in [0.29, 0.717) is 6.04 Å². The SMILES string of the molecule is COCCc1nc([C@@H]2CCCN2)cs1. The summed E-state index contributed by atoms with van der Waals surface area (Å²) in [5.41, 5.74) is 1.22. The van der Waals surface area contributed by atoms with Gasteiger partial charge < -0.3 is 10.1 Å². The number of ether oxygens (including phenoxy) is 1. The van der Waals surface area contributed by atoms with Gasteiger partial charge >= 0.3 is 0 Å². The minimum absolute atomic E-state index is 0.502. The molecule has 1 N–H and O–H groups in total. The van der Waals surface area contributed by atoms with Gasteiger partial charge in [-0.2, -0.15) is 0 Å². The lowest BCUT2D eigenvalue weighted by atomic mass is 10.2. The highest BCUT2D eigenvalue weighted by Crippen LogP contribution is 2.24. The molecule has 78 valence electrons. The second-order valence-corrected chi connectivity index (χ2v) is 4.50. The summed E-state index contributed by atoms with van der Waals surface area (Å²) in [6, 6.07) is 0.502. The van der Waals surface area contributed by atoms with Gasteiger partial charge in [0.05, 0.1) is 23.4 Å². The van der Waals surface area contributed by atoms with Crippen molar-refractivity contribution < 1.29 is 4.74 Å². The summed E-state index contributed by atoms with van der Waals surface area (Å²) in [5, 5.41) is 6.82. The standard InChI is InChI=1S/C10H16N2OS/c1-13-6-4-10-12-9(7-14-10)8-3-2-5-11-8/h7-8,11H,2-6H2,1H3/t8-/m0/s1. The molecule has 2 heterocycles. The fraction of sp³-hybridized carbons (Fsp3) is 0.700. The van der Waals surface area contributed by atoms with Crippen molar-refractivity contribution in [3.8, 4) is 0 Å². The van der Waals surface area contributed by atoms with E-state index < -0.39 is 0 Å². The summed E-state index contributed by atoms with van der Waals surface area (Å²) in [4.78, 5) is 4.61. The lowest BCUT2D eigenvalue weighted by Gasteiger charge is -2.04. The molecule has 1 saturated heterocycles. The molecule has 14 heavy (non-hydrogen) atoms. The second-order valence-electron chi connectivity index (χ2n) is 3.56. The van der Waals surface area contributed by atoms with Gasteiger partial charge in [-0.15, -0.1) is 11.3 Å². The second kappa shape index (κ2) is 4.87. The van der Waals surface area contributed by atoms with Gasteiger partial charge in [-0.1, -0.05) is 0 Å². The molecule has 0 saturated carbocycles. The minimum atomic E-state index is 0.502. The van der Waals surface area contributed by atoms with Crippen molar-refractivity contribution >= 4 is 11.3 Å². The maximum absolute atomic E-state index is 5.03. The van der Waals surface area contributed by atoms with Crippen LogP contribution in [0.5, 0.6) is 0 Å². The van der Waals surface area contributed by atoms with Crippen molar-refractivity contribution in [3.63, 3.8) is 0 Å². The Morgan fingerprint density at radius 3 is 3.36 bits per heavy atom. The largest absolute Gasteiger partial charge is 0.384 e. The van der Waals surface area contributed by atoms with Crippen LogP contribution < -0.4 is 5.32 Å². The lowest BCUT2D eigenvalue weighted by Crippen LogP contribution is -2.13. The van der Waals surface area contributed by atoms with Crippen LogP contribution in [0, 0.1) is 0 Å². The molecule has 0 amide bonds. The van der Waals surface area contributed by atoms with Crippen molar-refractivity contribution in [2.45, 2.75) is 25.3 Å². The van der Waals surface area contributed by atoms with Crippen molar-refractivity contribution in [1.82, 2.24) is 10.3 Å². The zero-order chi connectivity index (χ0) is 9.80. The van der Waals surface area contributed by atoms with Gasteiger partial charge in [0, 0.05) is 18.9 Å². The average molecular weight is 212 g/mol. The predicted octanol–water partition coefficient (Wildman–Crippen LogP) is 1.76. The number of aromatic nitrogens is 1. The van der Waals surface area contributed by atoms with E-state index in [9.17, 15) is 0 Å². The van der Waals surface area contributed by atoms with Crippen molar-refractivity contribution in [3.05, 3.63) is 16.1 Å². The smallest absolute Gasteiger partial charge is 0.0951 e. The number of methoxy groups -OCH3 is 1.